The van der Waals surface area contributed by atoms with Crippen LogP contribution in [-0.4, -0.2) is 23.5 Å². The maximum atomic E-state index is 12.9. The molecule has 6 heteroatoms. The summed E-state index contributed by atoms with van der Waals surface area (Å²) >= 11 is 0. The molecule has 152 valence electrons. The smallest absolute Gasteiger partial charge is 0.272 e. The molecule has 2 amide bonds. The molecule has 3 N–H and O–H groups in total. The highest BCUT2D eigenvalue weighted by Crippen LogP contribution is 2.18. The van der Waals surface area contributed by atoms with Gasteiger partial charge in [-0.15, -0.1) is 0 Å². The number of nitrogens with one attached hydrogen (secondary N) is 2. The third-order valence-corrected chi connectivity index (χ3v) is 4.13. The Hall–Kier alpha value is -4.06. The van der Waals surface area contributed by atoms with Gasteiger partial charge in [0.1, 0.15) is 17.2 Å². The number of benzene rings is 3. The lowest BCUT2D eigenvalue weighted by molar-refractivity contribution is -0.113. The van der Waals surface area contributed by atoms with Gasteiger partial charge in [0, 0.05) is 17.3 Å². The first-order chi connectivity index (χ1) is 14.5. The number of amides is 2. The summed E-state index contributed by atoms with van der Waals surface area (Å²) in [6.45, 7) is 2.46. The van der Waals surface area contributed by atoms with Crippen LogP contribution in [0.15, 0.2) is 84.6 Å². The second-order valence-electron chi connectivity index (χ2n) is 6.38. The van der Waals surface area contributed by atoms with E-state index in [4.69, 9.17) is 4.74 Å². The third-order valence-electron chi connectivity index (χ3n) is 4.13. The van der Waals surface area contributed by atoms with Crippen molar-refractivity contribution in [3.8, 4) is 11.5 Å². The van der Waals surface area contributed by atoms with Crippen molar-refractivity contribution >= 4 is 23.6 Å². The van der Waals surface area contributed by atoms with Crippen molar-refractivity contribution in [1.82, 2.24) is 5.32 Å². The van der Waals surface area contributed by atoms with Gasteiger partial charge in [-0.3, -0.25) is 9.59 Å². The van der Waals surface area contributed by atoms with Gasteiger partial charge in [-0.2, -0.15) is 0 Å². The second kappa shape index (κ2) is 9.93. The molecule has 3 aromatic rings. The molecule has 0 atom stereocenters. The Balaban J connectivity index is 1.86. The van der Waals surface area contributed by atoms with Crippen LogP contribution in [0.2, 0.25) is 0 Å². The Morgan fingerprint density at radius 1 is 0.967 bits per heavy atom. The average molecular weight is 402 g/mol. The fourth-order valence-electron chi connectivity index (χ4n) is 2.72. The number of carbonyl (C=O) groups is 2. The lowest BCUT2D eigenvalue weighted by Gasteiger charge is -2.12. The zero-order valence-electron chi connectivity index (χ0n) is 16.5. The van der Waals surface area contributed by atoms with Crippen molar-refractivity contribution in [2.75, 3.05) is 11.9 Å². The quantitative estimate of drug-likeness (QED) is 0.517. The maximum absolute atomic E-state index is 12.9. The van der Waals surface area contributed by atoms with Crippen molar-refractivity contribution in [2.24, 2.45) is 0 Å². The lowest BCUT2D eigenvalue weighted by Crippen LogP contribution is -2.30. The molecule has 6 nitrogen and oxygen atoms in total. The molecule has 0 aliphatic heterocycles. The van der Waals surface area contributed by atoms with E-state index in [-0.39, 0.29) is 11.4 Å². The molecule has 30 heavy (non-hydrogen) atoms. The van der Waals surface area contributed by atoms with Gasteiger partial charge >= 0.3 is 0 Å². The highest BCUT2D eigenvalue weighted by molar-refractivity contribution is 6.10. The first kappa shape index (κ1) is 20.7. The van der Waals surface area contributed by atoms with Crippen LogP contribution in [0.1, 0.15) is 22.8 Å². The van der Waals surface area contributed by atoms with Crippen molar-refractivity contribution in [2.45, 2.75) is 6.92 Å². The Labute approximate surface area is 174 Å². The van der Waals surface area contributed by atoms with Gasteiger partial charge in [-0.05, 0) is 55.0 Å². The summed E-state index contributed by atoms with van der Waals surface area (Å²) in [5.41, 5.74) is 1.62. The molecular weight excluding hydrogens is 380 g/mol. The van der Waals surface area contributed by atoms with Gasteiger partial charge in [0.05, 0.1) is 6.61 Å². The van der Waals surface area contributed by atoms with Crippen LogP contribution in [0, 0.1) is 0 Å². The van der Waals surface area contributed by atoms with Gasteiger partial charge < -0.3 is 20.5 Å². The van der Waals surface area contributed by atoms with E-state index in [1.165, 1.54) is 12.1 Å². The molecule has 0 saturated heterocycles. The van der Waals surface area contributed by atoms with E-state index < -0.39 is 11.8 Å². The van der Waals surface area contributed by atoms with Crippen LogP contribution in [-0.2, 0) is 4.79 Å². The van der Waals surface area contributed by atoms with E-state index in [1.54, 1.807) is 66.7 Å². The molecule has 0 heterocycles. The topological polar surface area (TPSA) is 87.7 Å². The van der Waals surface area contributed by atoms with Crippen molar-refractivity contribution in [3.63, 3.8) is 0 Å². The zero-order valence-corrected chi connectivity index (χ0v) is 16.5. The highest BCUT2D eigenvalue weighted by Gasteiger charge is 2.15. The number of anilines is 1. The monoisotopic (exact) mass is 402 g/mol. The first-order valence-electron chi connectivity index (χ1n) is 9.46. The van der Waals surface area contributed by atoms with Crippen LogP contribution in [0.5, 0.6) is 11.5 Å². The van der Waals surface area contributed by atoms with Gasteiger partial charge in [-0.25, -0.2) is 0 Å². The van der Waals surface area contributed by atoms with Crippen molar-refractivity contribution in [3.05, 3.63) is 95.7 Å². The van der Waals surface area contributed by atoms with E-state index >= 15 is 0 Å². The van der Waals surface area contributed by atoms with Gasteiger partial charge in [0.15, 0.2) is 0 Å². The van der Waals surface area contributed by atoms with Gasteiger partial charge in [-0.1, -0.05) is 36.4 Å². The van der Waals surface area contributed by atoms with E-state index in [9.17, 15) is 14.7 Å². The Morgan fingerprint density at radius 3 is 2.37 bits per heavy atom. The molecular formula is C24H22N2O4. The predicted octanol–water partition coefficient (Wildman–Crippen LogP) is 4.20. The van der Waals surface area contributed by atoms with Crippen LogP contribution >= 0.6 is 0 Å². The number of ether oxygens (including phenoxy) is 1. The summed E-state index contributed by atoms with van der Waals surface area (Å²) in [5.74, 6) is -0.176. The number of phenolic OH excluding ortho intramolecular Hbond substituents is 1. The molecule has 3 aromatic carbocycles. The number of hydrogen-bond acceptors (Lipinski definition) is 4. The lowest BCUT2D eigenvalue weighted by atomic mass is 10.1. The molecule has 0 aliphatic carbocycles. The fourth-order valence-corrected chi connectivity index (χ4v) is 2.72. The van der Waals surface area contributed by atoms with Crippen LogP contribution in [0.4, 0.5) is 5.69 Å². The van der Waals surface area contributed by atoms with Crippen molar-refractivity contribution in [1.29, 1.82) is 0 Å². The summed E-state index contributed by atoms with van der Waals surface area (Å²) < 4.78 is 5.43. The molecule has 0 aliphatic rings. The minimum absolute atomic E-state index is 0.0261. The Kier molecular flexibility index (Phi) is 6.84. The molecule has 0 spiro atoms. The van der Waals surface area contributed by atoms with E-state index in [1.807, 2.05) is 13.0 Å². The van der Waals surface area contributed by atoms with Gasteiger partial charge in [0.25, 0.3) is 11.8 Å². The normalized spacial score (nSPS) is 10.9. The van der Waals surface area contributed by atoms with E-state index in [0.29, 0.717) is 29.2 Å². The molecule has 0 bridgehead atoms. The SMILES string of the molecule is CCOc1ccc(C=C(NC(=O)c2ccccc2)C(=O)Nc2cccc(O)c2)cc1. The number of hydrogen-bond donors (Lipinski definition) is 3. The summed E-state index contributed by atoms with van der Waals surface area (Å²) in [7, 11) is 0. The molecule has 3 rings (SSSR count). The van der Waals surface area contributed by atoms with Crippen LogP contribution in [0.25, 0.3) is 6.08 Å². The number of rotatable bonds is 7. The Bertz CT molecular complexity index is 1040. The highest BCUT2D eigenvalue weighted by atomic mass is 16.5. The molecule has 0 radical (unpaired) electrons. The summed E-state index contributed by atoms with van der Waals surface area (Å²) in [6.07, 6.45) is 1.58. The average Bonchev–Trinajstić information content (AvgIpc) is 2.75. The minimum atomic E-state index is -0.515. The van der Waals surface area contributed by atoms with Crippen LogP contribution < -0.4 is 15.4 Å². The molecule has 0 fully saturated rings. The maximum Gasteiger partial charge on any atom is 0.272 e. The first-order valence-corrected chi connectivity index (χ1v) is 9.46. The van der Waals surface area contributed by atoms with E-state index in [2.05, 4.69) is 10.6 Å². The molecule has 0 unspecified atom stereocenters. The second-order valence-corrected chi connectivity index (χ2v) is 6.38. The van der Waals surface area contributed by atoms with Crippen molar-refractivity contribution < 1.29 is 19.4 Å². The predicted molar refractivity (Wildman–Crippen MR) is 116 cm³/mol. The standard InChI is InChI=1S/C24H22N2O4/c1-2-30-21-13-11-17(12-14-21)15-22(26-23(28)18-7-4-3-5-8-18)24(29)25-19-9-6-10-20(27)16-19/h3-16,27H,2H2,1H3,(H,25,29)(H,26,28). The fraction of sp³-hybridized carbons (Fsp3) is 0.0833. The molecule has 0 aromatic heterocycles. The summed E-state index contributed by atoms with van der Waals surface area (Å²) in [6, 6.07) is 22.0. The minimum Gasteiger partial charge on any atom is -0.508 e. The summed E-state index contributed by atoms with van der Waals surface area (Å²) in [5, 5.41) is 15.0. The number of aromatic hydroxyl groups is 1. The molecule has 0 saturated carbocycles. The van der Waals surface area contributed by atoms with Gasteiger partial charge in [0.2, 0.25) is 0 Å². The summed E-state index contributed by atoms with van der Waals surface area (Å²) in [4.78, 5) is 25.5. The van der Waals surface area contributed by atoms with E-state index in [0.717, 1.165) is 0 Å². The third kappa shape index (κ3) is 5.72. The van der Waals surface area contributed by atoms with Crippen LogP contribution in [0.3, 0.4) is 0 Å². The number of carbonyl (C=O) groups excluding carboxylic acids is 2. The largest absolute Gasteiger partial charge is 0.508 e. The zero-order chi connectivity index (χ0) is 21.3. The Morgan fingerprint density at radius 2 is 1.70 bits per heavy atom. The number of phenols is 1.